The Morgan fingerprint density at radius 3 is 2.45 bits per heavy atom. The molecule has 3 aliphatic rings. The first-order valence-electron chi connectivity index (χ1n) is 8.62. The van der Waals surface area contributed by atoms with E-state index in [2.05, 4.69) is 15.5 Å². The third-order valence-corrected chi connectivity index (χ3v) is 5.00. The molecular weight excluding hydrogens is 282 g/mol. The van der Waals surface area contributed by atoms with Crippen molar-refractivity contribution in [3.05, 3.63) is 0 Å². The van der Waals surface area contributed by atoms with Crippen molar-refractivity contribution < 1.29 is 14.3 Å². The summed E-state index contributed by atoms with van der Waals surface area (Å²) < 4.78 is 5.30. The predicted octanol–water partition coefficient (Wildman–Crippen LogP) is 0.130. The van der Waals surface area contributed by atoms with Crippen LogP contribution in [0.3, 0.4) is 0 Å². The molecule has 2 unspecified atom stereocenters. The van der Waals surface area contributed by atoms with Gasteiger partial charge in [0, 0.05) is 32.2 Å². The lowest BCUT2D eigenvalue weighted by Gasteiger charge is -2.26. The van der Waals surface area contributed by atoms with E-state index in [0.29, 0.717) is 19.0 Å². The monoisotopic (exact) mass is 309 g/mol. The van der Waals surface area contributed by atoms with Gasteiger partial charge in [0.15, 0.2) is 0 Å². The molecule has 2 atom stereocenters. The first kappa shape index (κ1) is 15.7. The fourth-order valence-electron chi connectivity index (χ4n) is 3.45. The molecule has 2 N–H and O–H groups in total. The van der Waals surface area contributed by atoms with Gasteiger partial charge in [0.1, 0.15) is 0 Å². The molecule has 0 bridgehead atoms. The molecule has 6 heteroatoms. The van der Waals surface area contributed by atoms with Crippen LogP contribution in [-0.2, 0) is 14.3 Å². The average molecular weight is 309 g/mol. The van der Waals surface area contributed by atoms with E-state index >= 15 is 0 Å². The topological polar surface area (TPSA) is 70.7 Å². The van der Waals surface area contributed by atoms with Crippen molar-refractivity contribution in [3.8, 4) is 0 Å². The zero-order valence-electron chi connectivity index (χ0n) is 13.2. The zero-order chi connectivity index (χ0) is 15.4. The molecule has 0 aromatic rings. The molecule has 3 rings (SSSR count). The molecule has 1 heterocycles. The van der Waals surface area contributed by atoms with Crippen molar-refractivity contribution in [3.63, 3.8) is 0 Å². The van der Waals surface area contributed by atoms with Gasteiger partial charge in [-0.3, -0.25) is 14.5 Å². The zero-order valence-corrected chi connectivity index (χ0v) is 13.2. The number of nitrogens with one attached hydrogen (secondary N) is 2. The van der Waals surface area contributed by atoms with E-state index in [1.54, 1.807) is 0 Å². The van der Waals surface area contributed by atoms with Crippen molar-refractivity contribution in [1.29, 1.82) is 0 Å². The number of ether oxygens (including phenoxy) is 1. The Morgan fingerprint density at radius 1 is 1.05 bits per heavy atom. The van der Waals surface area contributed by atoms with E-state index in [1.165, 1.54) is 12.8 Å². The van der Waals surface area contributed by atoms with Gasteiger partial charge in [0.05, 0.1) is 25.0 Å². The van der Waals surface area contributed by atoms with Gasteiger partial charge < -0.3 is 15.4 Å². The number of rotatable bonds is 6. The summed E-state index contributed by atoms with van der Waals surface area (Å²) >= 11 is 0. The molecule has 3 fully saturated rings. The van der Waals surface area contributed by atoms with Gasteiger partial charge >= 0.3 is 0 Å². The highest BCUT2D eigenvalue weighted by atomic mass is 16.5. The molecule has 1 saturated heterocycles. The summed E-state index contributed by atoms with van der Waals surface area (Å²) in [7, 11) is 0. The van der Waals surface area contributed by atoms with Gasteiger partial charge in [-0.2, -0.15) is 0 Å². The van der Waals surface area contributed by atoms with Crippen LogP contribution in [0.1, 0.15) is 32.1 Å². The van der Waals surface area contributed by atoms with Gasteiger partial charge in [0.25, 0.3) is 0 Å². The lowest BCUT2D eigenvalue weighted by molar-refractivity contribution is -0.127. The third kappa shape index (κ3) is 4.20. The Bertz CT molecular complexity index is 403. The maximum Gasteiger partial charge on any atom is 0.224 e. The summed E-state index contributed by atoms with van der Waals surface area (Å²) in [6.07, 6.45) is 5.31. The van der Waals surface area contributed by atoms with Gasteiger partial charge in [-0.25, -0.2) is 0 Å². The van der Waals surface area contributed by atoms with Gasteiger partial charge in [-0.05, 0) is 19.3 Å². The summed E-state index contributed by atoms with van der Waals surface area (Å²) in [5, 5.41) is 6.06. The van der Waals surface area contributed by atoms with Crippen LogP contribution in [0.5, 0.6) is 0 Å². The van der Waals surface area contributed by atoms with Crippen LogP contribution >= 0.6 is 0 Å². The Labute approximate surface area is 131 Å². The summed E-state index contributed by atoms with van der Waals surface area (Å²) in [5.74, 6) is -0.0739. The number of amides is 2. The van der Waals surface area contributed by atoms with E-state index in [-0.39, 0.29) is 23.7 Å². The molecule has 0 aromatic heterocycles. The molecular formula is C16H27N3O3. The van der Waals surface area contributed by atoms with Crippen molar-refractivity contribution in [2.45, 2.75) is 38.1 Å². The van der Waals surface area contributed by atoms with E-state index in [0.717, 1.165) is 45.7 Å². The van der Waals surface area contributed by atoms with Crippen LogP contribution in [0.15, 0.2) is 0 Å². The van der Waals surface area contributed by atoms with Crippen LogP contribution in [0, 0.1) is 11.8 Å². The second-order valence-electron chi connectivity index (χ2n) is 6.68. The van der Waals surface area contributed by atoms with Crippen molar-refractivity contribution in [2.24, 2.45) is 11.8 Å². The minimum atomic E-state index is -0.105. The van der Waals surface area contributed by atoms with Crippen molar-refractivity contribution >= 4 is 11.8 Å². The van der Waals surface area contributed by atoms with Crippen molar-refractivity contribution in [2.75, 3.05) is 39.4 Å². The lowest BCUT2D eigenvalue weighted by Crippen LogP contribution is -2.42. The number of nitrogens with zero attached hydrogens (tertiary/aromatic N) is 1. The molecule has 0 aromatic carbocycles. The molecule has 2 amide bonds. The lowest BCUT2D eigenvalue weighted by atomic mass is 10.2. The van der Waals surface area contributed by atoms with E-state index in [9.17, 15) is 9.59 Å². The predicted molar refractivity (Wildman–Crippen MR) is 82.3 cm³/mol. The third-order valence-electron chi connectivity index (χ3n) is 5.00. The van der Waals surface area contributed by atoms with Crippen molar-refractivity contribution in [1.82, 2.24) is 15.5 Å². The van der Waals surface area contributed by atoms with Crippen LogP contribution in [0.2, 0.25) is 0 Å². The van der Waals surface area contributed by atoms with E-state index in [4.69, 9.17) is 4.74 Å². The Hall–Kier alpha value is -1.14. The summed E-state index contributed by atoms with van der Waals surface area (Å²) in [6, 6.07) is 0.345. The smallest absolute Gasteiger partial charge is 0.224 e. The Morgan fingerprint density at radius 2 is 1.73 bits per heavy atom. The van der Waals surface area contributed by atoms with Gasteiger partial charge in [0.2, 0.25) is 11.8 Å². The second-order valence-corrected chi connectivity index (χ2v) is 6.68. The molecule has 0 spiro atoms. The molecule has 2 aliphatic carbocycles. The fourth-order valence-corrected chi connectivity index (χ4v) is 3.45. The van der Waals surface area contributed by atoms with Gasteiger partial charge in [-0.1, -0.05) is 12.8 Å². The number of hydrogen-bond donors (Lipinski definition) is 2. The molecule has 0 radical (unpaired) electrons. The second kappa shape index (κ2) is 7.42. The number of carbonyl (C=O) groups excluding carboxylic acids is 2. The number of hydrogen-bond acceptors (Lipinski definition) is 4. The highest BCUT2D eigenvalue weighted by Crippen LogP contribution is 2.39. The Kier molecular flexibility index (Phi) is 5.31. The molecule has 2 saturated carbocycles. The largest absolute Gasteiger partial charge is 0.379 e. The fraction of sp³-hybridized carbons (Fsp3) is 0.875. The minimum Gasteiger partial charge on any atom is -0.379 e. The number of carbonyl (C=O) groups is 2. The Balaban J connectivity index is 1.31. The summed E-state index contributed by atoms with van der Waals surface area (Å²) in [5.41, 5.74) is 0. The van der Waals surface area contributed by atoms with E-state index in [1.807, 2.05) is 0 Å². The molecule has 6 nitrogen and oxygen atoms in total. The van der Waals surface area contributed by atoms with Crippen LogP contribution in [0.4, 0.5) is 0 Å². The quantitative estimate of drug-likeness (QED) is 0.732. The SMILES string of the molecule is O=C(NCCN1CCOCC1)C1CC1C(=O)NC1CCCC1. The molecule has 22 heavy (non-hydrogen) atoms. The normalized spacial score (nSPS) is 29.3. The van der Waals surface area contributed by atoms with E-state index < -0.39 is 0 Å². The molecule has 124 valence electrons. The first-order chi connectivity index (χ1) is 10.7. The van der Waals surface area contributed by atoms with Crippen LogP contribution in [0.25, 0.3) is 0 Å². The number of morpholine rings is 1. The molecule has 1 aliphatic heterocycles. The highest BCUT2D eigenvalue weighted by Gasteiger charge is 2.48. The van der Waals surface area contributed by atoms with Gasteiger partial charge in [-0.15, -0.1) is 0 Å². The summed E-state index contributed by atoms with van der Waals surface area (Å²) in [6.45, 7) is 4.95. The first-order valence-corrected chi connectivity index (χ1v) is 8.62. The van der Waals surface area contributed by atoms with Crippen LogP contribution < -0.4 is 10.6 Å². The van der Waals surface area contributed by atoms with Crippen LogP contribution in [-0.4, -0.2) is 62.1 Å². The minimum absolute atomic E-state index is 0.0415. The standard InChI is InChI=1S/C16H27N3O3/c20-15(17-5-6-19-7-9-22-10-8-19)13-11-14(13)16(21)18-12-3-1-2-4-12/h12-14H,1-11H2,(H,17,20)(H,18,21). The highest BCUT2D eigenvalue weighted by molar-refractivity contribution is 5.92. The maximum atomic E-state index is 12.1. The average Bonchev–Trinajstić information content (AvgIpc) is 3.19. The maximum absolute atomic E-state index is 12.1. The summed E-state index contributed by atoms with van der Waals surface area (Å²) in [4.78, 5) is 26.4.